The quantitative estimate of drug-likeness (QED) is 0.896. The van der Waals surface area contributed by atoms with E-state index in [1.165, 1.54) is 0 Å². The first-order valence-electron chi connectivity index (χ1n) is 8.08. The fraction of sp³-hybridized carbons (Fsp3) is 0.278. The molecule has 0 aromatic heterocycles. The molecule has 25 heavy (non-hydrogen) atoms. The van der Waals surface area contributed by atoms with Crippen LogP contribution in [0.5, 0.6) is 0 Å². The van der Waals surface area contributed by atoms with Crippen molar-refractivity contribution in [3.05, 3.63) is 59.7 Å². The molecule has 2 aliphatic heterocycles. The molecular weight excluding hydrogens is 328 g/mol. The van der Waals surface area contributed by atoms with Gasteiger partial charge in [0.1, 0.15) is 12.3 Å². The highest BCUT2D eigenvalue weighted by Crippen LogP contribution is 2.36. The summed E-state index contributed by atoms with van der Waals surface area (Å²) in [5, 5.41) is 5.80. The van der Waals surface area contributed by atoms with Crippen LogP contribution in [0.15, 0.2) is 42.5 Å². The van der Waals surface area contributed by atoms with E-state index >= 15 is 0 Å². The van der Waals surface area contributed by atoms with Gasteiger partial charge in [-0.2, -0.15) is 0 Å². The van der Waals surface area contributed by atoms with Crippen molar-refractivity contribution in [1.82, 2.24) is 5.32 Å². The molecule has 0 spiro atoms. The minimum atomic E-state index is -0.991. The molecule has 0 bridgehead atoms. The van der Waals surface area contributed by atoms with Gasteiger partial charge in [0.2, 0.25) is 5.91 Å². The van der Waals surface area contributed by atoms with Gasteiger partial charge >= 0.3 is 0 Å². The molecule has 2 aromatic rings. The van der Waals surface area contributed by atoms with E-state index in [2.05, 4.69) is 10.6 Å². The Morgan fingerprint density at radius 1 is 1.12 bits per heavy atom. The summed E-state index contributed by atoms with van der Waals surface area (Å²) in [7, 11) is 0. The Bertz CT molecular complexity index is 800. The number of carbonyl (C=O) groups excluding carboxylic acids is 1. The van der Waals surface area contributed by atoms with Gasteiger partial charge in [0.05, 0.1) is 18.0 Å². The molecule has 1 saturated heterocycles. The maximum atomic E-state index is 13.8. The number of piperazine rings is 1. The lowest BCUT2D eigenvalue weighted by atomic mass is 10.0. The summed E-state index contributed by atoms with van der Waals surface area (Å²) in [4.78, 5) is 14.1. The fourth-order valence-electron chi connectivity index (χ4n) is 3.25. The molecule has 130 valence electrons. The van der Waals surface area contributed by atoms with E-state index in [9.17, 15) is 13.6 Å². The summed E-state index contributed by atoms with van der Waals surface area (Å²) in [5.41, 5.74) is 1.69. The van der Waals surface area contributed by atoms with Crippen molar-refractivity contribution in [1.29, 1.82) is 0 Å². The van der Waals surface area contributed by atoms with Crippen molar-refractivity contribution in [3.63, 3.8) is 0 Å². The molecular formula is C18H17F2N3O2. The number of carbonyl (C=O) groups is 1. The average Bonchev–Trinajstić information content (AvgIpc) is 2.63. The van der Waals surface area contributed by atoms with Crippen LogP contribution in [0.25, 0.3) is 0 Å². The standard InChI is InChI=1S/C18H17F2N3O2/c19-12-6-14-15(7-13(12)20)23-16(18(24)22-14)8-21-9-17(23)25-10-11-4-2-1-3-5-11/h1-7,16-17,21H,8-10H2,(H,22,24). The number of anilines is 2. The minimum Gasteiger partial charge on any atom is -0.352 e. The predicted molar refractivity (Wildman–Crippen MR) is 89.1 cm³/mol. The van der Waals surface area contributed by atoms with Gasteiger partial charge in [-0.3, -0.25) is 4.79 Å². The number of rotatable bonds is 3. The molecule has 1 amide bonds. The van der Waals surface area contributed by atoms with Crippen LogP contribution in [-0.4, -0.2) is 31.3 Å². The molecule has 7 heteroatoms. The number of halogens is 2. The van der Waals surface area contributed by atoms with E-state index in [-0.39, 0.29) is 11.6 Å². The van der Waals surface area contributed by atoms with Gasteiger partial charge in [-0.25, -0.2) is 8.78 Å². The highest BCUT2D eigenvalue weighted by Gasteiger charge is 2.40. The van der Waals surface area contributed by atoms with Gasteiger partial charge in [0, 0.05) is 25.2 Å². The molecule has 0 radical (unpaired) electrons. The van der Waals surface area contributed by atoms with Crippen molar-refractivity contribution in [2.75, 3.05) is 23.3 Å². The Balaban J connectivity index is 1.64. The number of nitrogens with zero attached hydrogens (tertiary/aromatic N) is 1. The van der Waals surface area contributed by atoms with Crippen molar-refractivity contribution in [2.45, 2.75) is 18.9 Å². The first-order valence-corrected chi connectivity index (χ1v) is 8.08. The van der Waals surface area contributed by atoms with Crippen LogP contribution in [0.3, 0.4) is 0 Å². The van der Waals surface area contributed by atoms with E-state index in [1.54, 1.807) is 4.90 Å². The van der Waals surface area contributed by atoms with Crippen LogP contribution < -0.4 is 15.5 Å². The zero-order chi connectivity index (χ0) is 17.4. The molecule has 4 rings (SSSR count). The van der Waals surface area contributed by atoms with Crippen LogP contribution in [0, 0.1) is 11.6 Å². The molecule has 0 aliphatic carbocycles. The summed E-state index contributed by atoms with van der Waals surface area (Å²) in [5.74, 6) is -2.21. The van der Waals surface area contributed by atoms with Crippen LogP contribution in [0.4, 0.5) is 20.2 Å². The lowest BCUT2D eigenvalue weighted by molar-refractivity contribution is -0.119. The Morgan fingerprint density at radius 2 is 1.88 bits per heavy atom. The number of hydrogen-bond donors (Lipinski definition) is 2. The van der Waals surface area contributed by atoms with Crippen LogP contribution in [0.1, 0.15) is 5.56 Å². The van der Waals surface area contributed by atoms with Gasteiger partial charge in [-0.05, 0) is 5.56 Å². The maximum Gasteiger partial charge on any atom is 0.248 e. The Hall–Kier alpha value is -2.51. The zero-order valence-corrected chi connectivity index (χ0v) is 13.3. The lowest BCUT2D eigenvalue weighted by Gasteiger charge is -2.46. The van der Waals surface area contributed by atoms with Crippen molar-refractivity contribution in [3.8, 4) is 0 Å². The molecule has 2 atom stereocenters. The summed E-state index contributed by atoms with van der Waals surface area (Å²) >= 11 is 0. The fourth-order valence-corrected chi connectivity index (χ4v) is 3.25. The molecule has 5 nitrogen and oxygen atoms in total. The summed E-state index contributed by atoms with van der Waals surface area (Å²) in [6, 6.07) is 11.2. The number of fused-ring (bicyclic) bond motifs is 3. The molecule has 2 aliphatic rings. The molecule has 0 saturated carbocycles. The summed E-state index contributed by atoms with van der Waals surface area (Å²) in [6.07, 6.45) is -0.464. The Kier molecular flexibility index (Phi) is 4.10. The summed E-state index contributed by atoms with van der Waals surface area (Å²) in [6.45, 7) is 1.25. The van der Waals surface area contributed by atoms with Crippen LogP contribution in [0.2, 0.25) is 0 Å². The smallest absolute Gasteiger partial charge is 0.248 e. The van der Waals surface area contributed by atoms with E-state index in [0.717, 1.165) is 17.7 Å². The second-order valence-electron chi connectivity index (χ2n) is 6.11. The first kappa shape index (κ1) is 16.0. The van der Waals surface area contributed by atoms with Crippen molar-refractivity contribution in [2.24, 2.45) is 0 Å². The molecule has 2 heterocycles. The third-order valence-corrected chi connectivity index (χ3v) is 4.47. The number of benzene rings is 2. The first-order chi connectivity index (χ1) is 12.1. The third-order valence-electron chi connectivity index (χ3n) is 4.47. The SMILES string of the molecule is O=C1Nc2cc(F)c(F)cc2N2C(OCc3ccccc3)CNCC12. The normalized spacial score (nSPS) is 22.2. The highest BCUT2D eigenvalue weighted by atomic mass is 19.2. The topological polar surface area (TPSA) is 53.6 Å². The average molecular weight is 345 g/mol. The second kappa shape index (κ2) is 6.42. The number of hydrogen-bond acceptors (Lipinski definition) is 4. The maximum absolute atomic E-state index is 13.8. The number of amides is 1. The lowest BCUT2D eigenvalue weighted by Crippen LogP contribution is -2.64. The zero-order valence-electron chi connectivity index (χ0n) is 13.3. The molecule has 2 unspecified atom stereocenters. The molecule has 2 N–H and O–H groups in total. The summed E-state index contributed by atoms with van der Waals surface area (Å²) < 4.78 is 33.3. The number of ether oxygens (including phenoxy) is 1. The largest absolute Gasteiger partial charge is 0.352 e. The van der Waals surface area contributed by atoms with Gasteiger partial charge in [-0.1, -0.05) is 30.3 Å². The highest BCUT2D eigenvalue weighted by molar-refractivity contribution is 6.04. The van der Waals surface area contributed by atoms with Crippen LogP contribution in [-0.2, 0) is 16.1 Å². The van der Waals surface area contributed by atoms with Gasteiger partial charge in [-0.15, -0.1) is 0 Å². The van der Waals surface area contributed by atoms with Crippen molar-refractivity contribution < 1.29 is 18.3 Å². The molecule has 2 aromatic carbocycles. The minimum absolute atomic E-state index is 0.260. The second-order valence-corrected chi connectivity index (χ2v) is 6.11. The van der Waals surface area contributed by atoms with E-state index in [4.69, 9.17) is 4.74 Å². The van der Waals surface area contributed by atoms with Crippen molar-refractivity contribution >= 4 is 17.3 Å². The van der Waals surface area contributed by atoms with Gasteiger partial charge in [0.15, 0.2) is 11.6 Å². The van der Waals surface area contributed by atoms with E-state index in [1.807, 2.05) is 30.3 Å². The van der Waals surface area contributed by atoms with E-state index < -0.39 is 23.9 Å². The van der Waals surface area contributed by atoms with E-state index in [0.29, 0.717) is 25.4 Å². The monoisotopic (exact) mass is 345 g/mol. The van der Waals surface area contributed by atoms with Gasteiger partial charge < -0.3 is 20.3 Å². The van der Waals surface area contributed by atoms with Gasteiger partial charge in [0.25, 0.3) is 0 Å². The van der Waals surface area contributed by atoms with Crippen LogP contribution >= 0.6 is 0 Å². The number of nitrogens with one attached hydrogen (secondary N) is 2. The predicted octanol–water partition coefficient (Wildman–Crippen LogP) is 2.24. The molecule has 1 fully saturated rings. The Labute approximate surface area is 143 Å². The third kappa shape index (κ3) is 2.96. The Morgan fingerprint density at radius 3 is 2.68 bits per heavy atom.